The van der Waals surface area contributed by atoms with E-state index < -0.39 is 0 Å². The number of nitrogens with zero attached hydrogens (tertiary/aromatic N) is 2. The molecule has 11 heavy (non-hydrogen) atoms. The maximum absolute atomic E-state index is 8.36. The normalized spacial score (nSPS) is 14.9. The van der Waals surface area contributed by atoms with Crippen LogP contribution in [-0.4, -0.2) is 21.2 Å². The Morgan fingerprint density at radius 2 is 2.36 bits per heavy atom. The van der Waals surface area contributed by atoms with Crippen LogP contribution >= 0.6 is 11.5 Å². The van der Waals surface area contributed by atoms with Gasteiger partial charge in [0.2, 0.25) is 0 Å². The van der Waals surface area contributed by atoms with E-state index in [4.69, 9.17) is 9.90 Å². The third kappa shape index (κ3) is 2.63. The van der Waals surface area contributed by atoms with Gasteiger partial charge in [0, 0.05) is 11.3 Å². The van der Waals surface area contributed by atoms with Gasteiger partial charge in [-0.2, -0.15) is 0 Å². The van der Waals surface area contributed by atoms with E-state index in [1.807, 2.05) is 5.38 Å². The molecule has 1 aliphatic carbocycles. The topological polar surface area (TPSA) is 63.1 Å². The highest BCUT2D eigenvalue weighted by atomic mass is 32.1. The second-order valence-corrected chi connectivity index (χ2v) is 2.82. The van der Waals surface area contributed by atoms with Crippen LogP contribution in [0.4, 0.5) is 0 Å². The van der Waals surface area contributed by atoms with E-state index in [1.54, 1.807) is 0 Å². The molecule has 1 fully saturated rings. The zero-order valence-corrected chi connectivity index (χ0v) is 6.62. The molecule has 0 spiro atoms. The number of rotatable bonds is 1. The van der Waals surface area contributed by atoms with Crippen LogP contribution in [0.2, 0.25) is 0 Å². The monoisotopic (exact) mass is 172 g/mol. The van der Waals surface area contributed by atoms with Gasteiger partial charge >= 0.3 is 0 Å². The molecule has 1 heterocycles. The van der Waals surface area contributed by atoms with Crippen LogP contribution in [0.15, 0.2) is 5.38 Å². The fourth-order valence-electron chi connectivity index (χ4n) is 0.729. The summed E-state index contributed by atoms with van der Waals surface area (Å²) in [6, 6.07) is 0. The molecular formula is C6H8N2O2S. The van der Waals surface area contributed by atoms with Crippen molar-refractivity contribution in [3.05, 3.63) is 11.1 Å². The summed E-state index contributed by atoms with van der Waals surface area (Å²) in [5.74, 6) is 0.772. The van der Waals surface area contributed by atoms with Gasteiger partial charge in [-0.25, -0.2) is 0 Å². The molecule has 60 valence electrons. The third-order valence-electron chi connectivity index (χ3n) is 1.37. The van der Waals surface area contributed by atoms with Crippen LogP contribution in [-0.2, 0) is 4.79 Å². The van der Waals surface area contributed by atoms with E-state index in [1.165, 1.54) is 30.1 Å². The van der Waals surface area contributed by atoms with Crippen LogP contribution in [0.3, 0.4) is 0 Å². The van der Waals surface area contributed by atoms with Crippen molar-refractivity contribution in [1.29, 1.82) is 0 Å². The van der Waals surface area contributed by atoms with Gasteiger partial charge in [-0.15, -0.1) is 5.10 Å². The maximum atomic E-state index is 8.36. The Morgan fingerprint density at radius 1 is 1.73 bits per heavy atom. The smallest absolute Gasteiger partial charge is 0.290 e. The molecule has 2 rings (SSSR count). The first kappa shape index (κ1) is 8.13. The number of hydrogen-bond acceptors (Lipinski definition) is 4. The van der Waals surface area contributed by atoms with Gasteiger partial charge in [0.15, 0.2) is 0 Å². The van der Waals surface area contributed by atoms with E-state index >= 15 is 0 Å². The quantitative estimate of drug-likeness (QED) is 0.645. The van der Waals surface area contributed by atoms with Crippen LogP contribution in [0, 0.1) is 0 Å². The zero-order chi connectivity index (χ0) is 8.10. The molecule has 1 saturated carbocycles. The maximum Gasteiger partial charge on any atom is 0.290 e. The van der Waals surface area contributed by atoms with Crippen molar-refractivity contribution in [3.8, 4) is 0 Å². The molecule has 5 heteroatoms. The largest absolute Gasteiger partial charge is 0.483 e. The van der Waals surface area contributed by atoms with Gasteiger partial charge in [0.1, 0.15) is 0 Å². The van der Waals surface area contributed by atoms with Crippen molar-refractivity contribution in [2.24, 2.45) is 0 Å². The lowest BCUT2D eigenvalue weighted by Gasteiger charge is -1.78. The van der Waals surface area contributed by atoms with E-state index in [2.05, 4.69) is 9.59 Å². The molecule has 0 saturated heterocycles. The molecular weight excluding hydrogens is 164 g/mol. The standard InChI is InChI=1S/C5H6N2S.CH2O2/c1-2-4(1)5-3-8-7-6-5;2-1-3/h3-4H,1-2H2;1H,(H,2,3). The van der Waals surface area contributed by atoms with Crippen molar-refractivity contribution in [2.45, 2.75) is 18.8 Å². The fourth-order valence-corrected chi connectivity index (χ4v) is 1.26. The summed E-state index contributed by atoms with van der Waals surface area (Å²) in [5, 5.41) is 12.9. The second kappa shape index (κ2) is 4.02. The zero-order valence-electron chi connectivity index (χ0n) is 5.80. The molecule has 0 atom stereocenters. The minimum absolute atomic E-state index is 0.250. The summed E-state index contributed by atoms with van der Waals surface area (Å²) < 4.78 is 3.78. The van der Waals surface area contributed by atoms with Gasteiger partial charge in [0.05, 0.1) is 5.69 Å². The van der Waals surface area contributed by atoms with Crippen molar-refractivity contribution in [3.63, 3.8) is 0 Å². The van der Waals surface area contributed by atoms with Gasteiger partial charge in [-0.1, -0.05) is 4.49 Å². The van der Waals surface area contributed by atoms with E-state index in [9.17, 15) is 0 Å². The second-order valence-electron chi connectivity index (χ2n) is 2.21. The van der Waals surface area contributed by atoms with E-state index in [0.29, 0.717) is 0 Å². The molecule has 0 radical (unpaired) electrons. The SMILES string of the molecule is O=CO.c1snnc1C1CC1. The Balaban J connectivity index is 0.000000179. The Hall–Kier alpha value is -0.970. The average Bonchev–Trinajstić information content (AvgIpc) is 2.69. The fraction of sp³-hybridized carbons (Fsp3) is 0.500. The molecule has 1 aromatic heterocycles. The Kier molecular flexibility index (Phi) is 2.97. The number of hydrogen-bond donors (Lipinski definition) is 1. The molecule has 1 N–H and O–H groups in total. The summed E-state index contributed by atoms with van der Waals surface area (Å²) in [5.41, 5.74) is 1.20. The first-order chi connectivity index (χ1) is 5.38. The van der Waals surface area contributed by atoms with Gasteiger partial charge in [-0.3, -0.25) is 4.79 Å². The molecule has 0 aromatic carbocycles. The summed E-state index contributed by atoms with van der Waals surface area (Å²) in [4.78, 5) is 8.36. The van der Waals surface area contributed by atoms with Crippen LogP contribution in [0.5, 0.6) is 0 Å². The van der Waals surface area contributed by atoms with Crippen molar-refractivity contribution in [2.75, 3.05) is 0 Å². The molecule has 0 amide bonds. The molecule has 0 bridgehead atoms. The molecule has 0 unspecified atom stereocenters. The Labute approximate surface area is 68.0 Å². The average molecular weight is 172 g/mol. The van der Waals surface area contributed by atoms with Gasteiger partial charge < -0.3 is 5.11 Å². The van der Waals surface area contributed by atoms with Gasteiger partial charge in [-0.05, 0) is 24.4 Å². The Bertz CT molecular complexity index is 208. The molecule has 4 nitrogen and oxygen atoms in total. The minimum atomic E-state index is -0.250. The Morgan fingerprint density at radius 3 is 2.73 bits per heavy atom. The predicted octanol–water partition coefficient (Wildman–Crippen LogP) is 1.12. The highest BCUT2D eigenvalue weighted by Crippen LogP contribution is 2.38. The molecule has 1 aliphatic rings. The lowest BCUT2D eigenvalue weighted by atomic mass is 10.3. The van der Waals surface area contributed by atoms with Crippen molar-refractivity contribution in [1.82, 2.24) is 9.59 Å². The van der Waals surface area contributed by atoms with Crippen molar-refractivity contribution >= 4 is 18.0 Å². The van der Waals surface area contributed by atoms with Crippen LogP contribution < -0.4 is 0 Å². The first-order valence-corrected chi connectivity index (χ1v) is 4.07. The highest BCUT2D eigenvalue weighted by Gasteiger charge is 2.25. The summed E-state index contributed by atoms with van der Waals surface area (Å²) >= 11 is 1.45. The van der Waals surface area contributed by atoms with E-state index in [0.717, 1.165) is 5.92 Å². The van der Waals surface area contributed by atoms with Crippen molar-refractivity contribution < 1.29 is 9.90 Å². The molecule has 0 aliphatic heterocycles. The van der Waals surface area contributed by atoms with E-state index in [-0.39, 0.29) is 6.47 Å². The summed E-state index contributed by atoms with van der Waals surface area (Å²) in [6.45, 7) is -0.250. The lowest BCUT2D eigenvalue weighted by Crippen LogP contribution is -1.75. The first-order valence-electron chi connectivity index (χ1n) is 3.23. The number of carboxylic acid groups (broad SMARTS) is 1. The lowest BCUT2D eigenvalue weighted by molar-refractivity contribution is -0.122. The third-order valence-corrected chi connectivity index (χ3v) is 1.90. The summed E-state index contributed by atoms with van der Waals surface area (Å²) in [7, 11) is 0. The highest BCUT2D eigenvalue weighted by molar-refractivity contribution is 7.03. The van der Waals surface area contributed by atoms with Crippen LogP contribution in [0.25, 0.3) is 0 Å². The minimum Gasteiger partial charge on any atom is -0.483 e. The number of carbonyl (C=O) groups is 1. The van der Waals surface area contributed by atoms with Crippen LogP contribution in [0.1, 0.15) is 24.5 Å². The van der Waals surface area contributed by atoms with Gasteiger partial charge in [0.25, 0.3) is 6.47 Å². The number of aromatic nitrogens is 2. The predicted molar refractivity (Wildman–Crippen MR) is 40.6 cm³/mol. The molecule has 1 aromatic rings. The summed E-state index contributed by atoms with van der Waals surface area (Å²) in [6.07, 6.45) is 2.65.